The number of carbonyl (C=O) groups is 1. The first kappa shape index (κ1) is 7.59. The van der Waals surface area contributed by atoms with Gasteiger partial charge in [0.15, 0.2) is 0 Å². The van der Waals surface area contributed by atoms with Crippen molar-refractivity contribution in [3.63, 3.8) is 0 Å². The molecule has 0 saturated carbocycles. The molecule has 48 valence electrons. The van der Waals surface area contributed by atoms with E-state index in [1.807, 2.05) is 0 Å². The van der Waals surface area contributed by atoms with Gasteiger partial charge in [0, 0.05) is 6.42 Å². The Morgan fingerprint density at radius 3 is 2.75 bits per heavy atom. The molecule has 0 aliphatic carbocycles. The molecule has 0 rings (SSSR count). The van der Waals surface area contributed by atoms with E-state index in [1.165, 1.54) is 0 Å². The quantitative estimate of drug-likeness (QED) is 0.319. The Bertz CT molecular complexity index is 56.4. The topological polar surface area (TPSA) is 52.3 Å². The number of carbonyl (C=O) groups excluding carboxylic acids is 1. The molecule has 0 amide bonds. The molecule has 3 nitrogen and oxygen atoms in total. The first-order chi connectivity index (χ1) is 3.91. The molecule has 0 aromatic rings. The largest absolute Gasteiger partial charge is 0.305 e. The Balaban J connectivity index is 2.62. The number of unbranched alkanes of at least 4 members (excludes halogenated alkanes) is 2. The highest BCUT2D eigenvalue weighted by Crippen LogP contribution is 1.90. The summed E-state index contributed by atoms with van der Waals surface area (Å²) in [6, 6.07) is 0. The second kappa shape index (κ2) is 6.59. The zero-order valence-corrected chi connectivity index (χ0v) is 4.80. The van der Waals surface area contributed by atoms with Gasteiger partial charge in [-0.1, -0.05) is 0 Å². The smallest absolute Gasteiger partial charge is 0.119 e. The highest BCUT2D eigenvalue weighted by atomic mass is 16.6. The van der Waals surface area contributed by atoms with Crippen molar-refractivity contribution in [2.75, 3.05) is 6.61 Å². The van der Waals surface area contributed by atoms with Crippen LogP contribution in [0.5, 0.6) is 0 Å². The molecule has 8 heavy (non-hydrogen) atoms. The molecule has 2 N–H and O–H groups in total. The van der Waals surface area contributed by atoms with Gasteiger partial charge in [-0.2, -0.15) is 0 Å². The second-order valence-corrected chi connectivity index (χ2v) is 1.53. The first-order valence-corrected chi connectivity index (χ1v) is 2.67. The third-order valence-corrected chi connectivity index (χ3v) is 0.834. The fourth-order valence-electron chi connectivity index (χ4n) is 0.413. The highest BCUT2D eigenvalue weighted by molar-refractivity contribution is 5.48. The van der Waals surface area contributed by atoms with Crippen molar-refractivity contribution < 1.29 is 9.63 Å². The Labute approximate surface area is 48.8 Å². The van der Waals surface area contributed by atoms with Gasteiger partial charge in [-0.05, 0) is 12.8 Å². The van der Waals surface area contributed by atoms with E-state index in [1.54, 1.807) is 0 Å². The monoisotopic (exact) mass is 117 g/mol. The fourth-order valence-corrected chi connectivity index (χ4v) is 0.413. The van der Waals surface area contributed by atoms with Crippen LogP contribution in [0, 0.1) is 0 Å². The van der Waals surface area contributed by atoms with E-state index in [2.05, 4.69) is 4.84 Å². The van der Waals surface area contributed by atoms with Crippen molar-refractivity contribution in [3.05, 3.63) is 0 Å². The standard InChI is InChI=1S/C5H11NO2/c6-8-5-3-1-2-4-7/h4H,1-3,5-6H2. The van der Waals surface area contributed by atoms with Crippen LogP contribution in [0.25, 0.3) is 0 Å². The number of hydrogen-bond acceptors (Lipinski definition) is 3. The fraction of sp³-hybridized carbons (Fsp3) is 0.800. The van der Waals surface area contributed by atoms with Crippen LogP contribution in [0.2, 0.25) is 0 Å². The van der Waals surface area contributed by atoms with Gasteiger partial charge in [0.1, 0.15) is 6.29 Å². The third-order valence-electron chi connectivity index (χ3n) is 0.834. The van der Waals surface area contributed by atoms with Crippen molar-refractivity contribution in [2.24, 2.45) is 5.90 Å². The van der Waals surface area contributed by atoms with Gasteiger partial charge in [-0.3, -0.25) is 0 Å². The van der Waals surface area contributed by atoms with E-state index >= 15 is 0 Å². The summed E-state index contributed by atoms with van der Waals surface area (Å²) in [4.78, 5) is 14.0. The molecular formula is C5H11NO2. The van der Waals surface area contributed by atoms with E-state index in [0.717, 1.165) is 19.1 Å². The number of aldehydes is 1. The second-order valence-electron chi connectivity index (χ2n) is 1.53. The van der Waals surface area contributed by atoms with Gasteiger partial charge in [-0.15, -0.1) is 0 Å². The van der Waals surface area contributed by atoms with E-state index < -0.39 is 0 Å². The summed E-state index contributed by atoms with van der Waals surface area (Å²) in [5, 5.41) is 0. The minimum atomic E-state index is 0.549. The lowest BCUT2D eigenvalue weighted by atomic mass is 10.3. The molecule has 0 aliphatic heterocycles. The number of rotatable bonds is 5. The maximum atomic E-state index is 9.70. The van der Waals surface area contributed by atoms with Crippen molar-refractivity contribution in [2.45, 2.75) is 19.3 Å². The third kappa shape index (κ3) is 5.59. The summed E-state index contributed by atoms with van der Waals surface area (Å²) in [7, 11) is 0. The van der Waals surface area contributed by atoms with Crippen molar-refractivity contribution in [3.8, 4) is 0 Å². The Kier molecular flexibility index (Phi) is 6.25. The molecule has 0 unspecified atom stereocenters. The summed E-state index contributed by atoms with van der Waals surface area (Å²) < 4.78 is 0. The van der Waals surface area contributed by atoms with Gasteiger partial charge >= 0.3 is 0 Å². The molecular weight excluding hydrogens is 106 g/mol. The molecule has 0 aromatic heterocycles. The summed E-state index contributed by atoms with van der Waals surface area (Å²) in [5.74, 6) is 4.72. The average Bonchev–Trinajstić information content (AvgIpc) is 1.81. The lowest BCUT2D eigenvalue weighted by Crippen LogP contribution is -2.00. The molecule has 0 radical (unpaired) electrons. The summed E-state index contributed by atoms with van der Waals surface area (Å²) in [6.45, 7) is 0.549. The van der Waals surface area contributed by atoms with Gasteiger partial charge < -0.3 is 9.63 Å². The predicted molar refractivity (Wildman–Crippen MR) is 30.1 cm³/mol. The lowest BCUT2D eigenvalue weighted by molar-refractivity contribution is -0.108. The normalized spacial score (nSPS) is 9.12. The van der Waals surface area contributed by atoms with Crippen LogP contribution in [0.4, 0.5) is 0 Å². The minimum absolute atomic E-state index is 0.549. The Morgan fingerprint density at radius 1 is 1.50 bits per heavy atom. The van der Waals surface area contributed by atoms with E-state index in [4.69, 9.17) is 5.90 Å². The molecule has 0 heterocycles. The molecule has 0 aliphatic rings. The van der Waals surface area contributed by atoms with Crippen LogP contribution < -0.4 is 5.90 Å². The highest BCUT2D eigenvalue weighted by Gasteiger charge is 1.83. The van der Waals surface area contributed by atoms with E-state index in [-0.39, 0.29) is 0 Å². The molecule has 0 bridgehead atoms. The van der Waals surface area contributed by atoms with Crippen LogP contribution >= 0.6 is 0 Å². The number of nitrogens with two attached hydrogens (primary N) is 1. The molecule has 0 aromatic carbocycles. The maximum Gasteiger partial charge on any atom is 0.119 e. The predicted octanol–water partition coefficient (Wildman–Crippen LogP) is 0.246. The molecule has 0 fully saturated rings. The summed E-state index contributed by atoms with van der Waals surface area (Å²) >= 11 is 0. The minimum Gasteiger partial charge on any atom is -0.305 e. The van der Waals surface area contributed by atoms with Gasteiger partial charge in [-0.25, -0.2) is 5.90 Å². The summed E-state index contributed by atoms with van der Waals surface area (Å²) in [5.41, 5.74) is 0. The van der Waals surface area contributed by atoms with Gasteiger partial charge in [0.2, 0.25) is 0 Å². The average molecular weight is 117 g/mol. The van der Waals surface area contributed by atoms with Crippen LogP contribution in [0.1, 0.15) is 19.3 Å². The zero-order chi connectivity index (χ0) is 6.24. The van der Waals surface area contributed by atoms with Gasteiger partial charge in [0.05, 0.1) is 6.61 Å². The first-order valence-electron chi connectivity index (χ1n) is 2.67. The SMILES string of the molecule is NOCCCCC=O. The lowest BCUT2D eigenvalue weighted by Gasteiger charge is -1.91. The summed E-state index contributed by atoms with van der Waals surface area (Å²) in [6.07, 6.45) is 3.26. The van der Waals surface area contributed by atoms with Crippen molar-refractivity contribution in [1.29, 1.82) is 0 Å². The Morgan fingerprint density at radius 2 is 2.25 bits per heavy atom. The Hall–Kier alpha value is -0.410. The molecule has 0 atom stereocenters. The van der Waals surface area contributed by atoms with Gasteiger partial charge in [0.25, 0.3) is 0 Å². The number of hydrogen-bond donors (Lipinski definition) is 1. The van der Waals surface area contributed by atoms with Crippen molar-refractivity contribution in [1.82, 2.24) is 0 Å². The van der Waals surface area contributed by atoms with E-state index in [9.17, 15) is 4.79 Å². The molecule has 3 heteroatoms. The van der Waals surface area contributed by atoms with Crippen LogP contribution in [-0.2, 0) is 9.63 Å². The van der Waals surface area contributed by atoms with Crippen molar-refractivity contribution >= 4 is 6.29 Å². The van der Waals surface area contributed by atoms with E-state index in [0.29, 0.717) is 13.0 Å². The maximum absolute atomic E-state index is 9.70. The molecule has 0 saturated heterocycles. The molecule has 0 spiro atoms. The van der Waals surface area contributed by atoms with Crippen LogP contribution in [0.15, 0.2) is 0 Å². The zero-order valence-electron chi connectivity index (χ0n) is 4.80. The van der Waals surface area contributed by atoms with Crippen LogP contribution in [-0.4, -0.2) is 12.9 Å². The van der Waals surface area contributed by atoms with Crippen LogP contribution in [0.3, 0.4) is 0 Å².